The third-order valence-corrected chi connectivity index (χ3v) is 5.92. The first-order valence-electron chi connectivity index (χ1n) is 7.65. The summed E-state index contributed by atoms with van der Waals surface area (Å²) in [5.41, 5.74) is 2.29. The van der Waals surface area contributed by atoms with Gasteiger partial charge < -0.3 is 19.9 Å². The van der Waals surface area contributed by atoms with E-state index in [0.717, 1.165) is 0 Å². The topological polar surface area (TPSA) is 56.0 Å². The van der Waals surface area contributed by atoms with Gasteiger partial charge in [-0.2, -0.15) is 0 Å². The summed E-state index contributed by atoms with van der Waals surface area (Å²) in [7, 11) is 0. The van der Waals surface area contributed by atoms with Gasteiger partial charge in [0.25, 0.3) is 0 Å². The first-order valence-corrected chi connectivity index (χ1v) is 10.2. The van der Waals surface area contributed by atoms with Crippen molar-refractivity contribution in [1.82, 2.24) is 9.46 Å². The molecule has 0 saturated carbocycles. The normalized spacial score (nSPS) is 10.0. The molecule has 0 spiro atoms. The Labute approximate surface area is 195 Å². The molecule has 0 amide bonds. The fraction of sp³-hybridized carbons (Fsp3) is 0. The van der Waals surface area contributed by atoms with E-state index in [0.29, 0.717) is 32.0 Å². The van der Waals surface area contributed by atoms with Crippen LogP contribution in [0.25, 0.3) is 22.5 Å². The minimum absolute atomic E-state index is 0. The van der Waals surface area contributed by atoms with Gasteiger partial charge in [0.05, 0.1) is 11.4 Å². The molecule has 11 heteroatoms. The summed E-state index contributed by atoms with van der Waals surface area (Å²) in [6.45, 7) is 0. The fourth-order valence-corrected chi connectivity index (χ4v) is 3.97. The number of hydrogen-bond donors (Lipinski definition) is 0. The molecule has 2 aromatic heterocycles. The Morgan fingerprint density at radius 2 is 0.966 bits per heavy atom. The quantitative estimate of drug-likeness (QED) is 0.215. The van der Waals surface area contributed by atoms with Gasteiger partial charge in [-0.05, 0) is 84.1 Å². The average Bonchev–Trinajstić information content (AvgIpc) is 3.20. The summed E-state index contributed by atoms with van der Waals surface area (Å²) in [5.74, 6) is -0.639. The van der Waals surface area contributed by atoms with Gasteiger partial charge in [-0.15, -0.1) is 22.7 Å². The molecule has 0 atom stereocenters. The van der Waals surface area contributed by atoms with Crippen molar-refractivity contribution in [2.75, 3.05) is 0 Å². The second-order valence-corrected chi connectivity index (χ2v) is 8.38. The Balaban J connectivity index is 0.000000200. The number of thiazole rings is 2. The van der Waals surface area contributed by atoms with Crippen molar-refractivity contribution in [2.45, 2.75) is 0 Å². The SMILES string of the molecule is [O-]n1c(-c2ccc(F)cc2)csc1=S.[O-]n1c(-c2ccc(F)cc2)csc1=S.[Zn+2]. The predicted octanol–water partition coefficient (Wildman–Crippen LogP) is 6.86. The van der Waals surface area contributed by atoms with Gasteiger partial charge in [-0.1, -0.05) is 0 Å². The van der Waals surface area contributed by atoms with Crippen LogP contribution in [0.2, 0.25) is 0 Å². The zero-order valence-corrected chi connectivity index (χ0v) is 20.8. The van der Waals surface area contributed by atoms with Gasteiger partial charge >= 0.3 is 19.5 Å². The largest absolute Gasteiger partial charge is 2.00 e. The van der Waals surface area contributed by atoms with E-state index in [1.165, 1.54) is 46.9 Å². The molecule has 0 fully saturated rings. The third kappa shape index (κ3) is 5.64. The molecule has 144 valence electrons. The van der Waals surface area contributed by atoms with Crippen molar-refractivity contribution in [3.8, 4) is 22.5 Å². The molecular weight excluding hydrogens is 508 g/mol. The van der Waals surface area contributed by atoms with Crippen molar-refractivity contribution in [2.24, 2.45) is 0 Å². The van der Waals surface area contributed by atoms with E-state index < -0.39 is 0 Å². The van der Waals surface area contributed by atoms with Crippen LogP contribution in [0.4, 0.5) is 8.78 Å². The van der Waals surface area contributed by atoms with Crippen LogP contribution in [0.1, 0.15) is 0 Å². The van der Waals surface area contributed by atoms with Gasteiger partial charge in [-0.3, -0.25) is 0 Å². The second-order valence-electron chi connectivity index (χ2n) is 5.38. The molecule has 29 heavy (non-hydrogen) atoms. The van der Waals surface area contributed by atoms with Crippen molar-refractivity contribution in [1.29, 1.82) is 0 Å². The molecule has 4 nitrogen and oxygen atoms in total. The molecule has 0 aliphatic rings. The van der Waals surface area contributed by atoms with Gasteiger partial charge in [0.1, 0.15) is 11.6 Å². The van der Waals surface area contributed by atoms with Crippen LogP contribution < -0.4 is 0 Å². The van der Waals surface area contributed by atoms with E-state index in [1.54, 1.807) is 35.0 Å². The summed E-state index contributed by atoms with van der Waals surface area (Å²) >= 11 is 12.0. The van der Waals surface area contributed by atoms with Gasteiger partial charge in [0.15, 0.2) is 7.91 Å². The van der Waals surface area contributed by atoms with Crippen LogP contribution in [-0.2, 0) is 19.5 Å². The average molecular weight is 518 g/mol. The number of nitrogens with zero attached hydrogens (tertiary/aromatic N) is 2. The Bertz CT molecular complexity index is 1100. The van der Waals surface area contributed by atoms with E-state index in [-0.39, 0.29) is 39.0 Å². The summed E-state index contributed by atoms with van der Waals surface area (Å²) in [5, 5.41) is 26.1. The van der Waals surface area contributed by atoms with Crippen LogP contribution in [0, 0.1) is 30.0 Å². The molecule has 4 rings (SSSR count). The molecule has 0 unspecified atom stereocenters. The van der Waals surface area contributed by atoms with E-state index in [4.69, 9.17) is 24.4 Å². The van der Waals surface area contributed by atoms with Gasteiger partial charge in [0.2, 0.25) is 0 Å². The number of aromatic nitrogens is 2. The third-order valence-electron chi connectivity index (χ3n) is 3.59. The smallest absolute Gasteiger partial charge is 0.804 e. The molecule has 0 radical (unpaired) electrons. The molecule has 0 N–H and O–H groups in total. The second kappa shape index (κ2) is 10.3. The molecular formula is C18H10F2N2O2S4Zn. The van der Waals surface area contributed by atoms with Crippen LogP contribution in [0.3, 0.4) is 0 Å². The standard InChI is InChI=1S/2C9H5FNOS2.Zn/c2*10-7-3-1-6(2-4-7)8-5-14-9(13)11(8)12;/h2*1-5H;/q2*-1;+2. The maximum absolute atomic E-state index is 12.6. The van der Waals surface area contributed by atoms with Crippen molar-refractivity contribution in [3.05, 3.63) is 89.2 Å². The maximum atomic E-state index is 12.6. The molecule has 0 aliphatic carbocycles. The Kier molecular flexibility index (Phi) is 8.36. The van der Waals surface area contributed by atoms with Crippen LogP contribution in [0.15, 0.2) is 59.3 Å². The predicted molar refractivity (Wildman–Crippen MR) is 115 cm³/mol. The summed E-state index contributed by atoms with van der Waals surface area (Å²) < 4.78 is 27.1. The monoisotopic (exact) mass is 516 g/mol. The number of benzene rings is 2. The zero-order valence-electron chi connectivity index (χ0n) is 14.6. The van der Waals surface area contributed by atoms with E-state index in [1.807, 2.05) is 0 Å². The first-order chi connectivity index (χ1) is 13.4. The molecule has 2 heterocycles. The number of rotatable bonds is 2. The fourth-order valence-electron chi connectivity index (χ4n) is 2.21. The first kappa shape index (κ1) is 23.5. The van der Waals surface area contributed by atoms with Crippen LogP contribution in [0.5, 0.6) is 0 Å². The van der Waals surface area contributed by atoms with Crippen LogP contribution in [-0.4, -0.2) is 9.46 Å². The van der Waals surface area contributed by atoms with E-state index in [9.17, 15) is 19.2 Å². The van der Waals surface area contributed by atoms with E-state index in [2.05, 4.69) is 0 Å². The Hall–Kier alpha value is -1.78. The minimum Gasteiger partial charge on any atom is -0.804 e. The minimum atomic E-state index is -0.319. The molecule has 0 saturated heterocycles. The van der Waals surface area contributed by atoms with Crippen molar-refractivity contribution < 1.29 is 28.3 Å². The van der Waals surface area contributed by atoms with E-state index >= 15 is 0 Å². The van der Waals surface area contributed by atoms with Crippen molar-refractivity contribution in [3.63, 3.8) is 0 Å². The summed E-state index contributed by atoms with van der Waals surface area (Å²) in [6.07, 6.45) is 0. The van der Waals surface area contributed by atoms with Crippen LogP contribution >= 0.6 is 47.1 Å². The van der Waals surface area contributed by atoms with Gasteiger partial charge in [0, 0.05) is 10.8 Å². The Morgan fingerprint density at radius 3 is 1.21 bits per heavy atom. The summed E-state index contributed by atoms with van der Waals surface area (Å²) in [6, 6.07) is 11.5. The number of hydrogen-bond acceptors (Lipinski definition) is 6. The molecule has 0 aliphatic heterocycles. The molecule has 2 aromatic carbocycles. The summed E-state index contributed by atoms with van der Waals surface area (Å²) in [4.78, 5) is 0. The molecule has 0 bridgehead atoms. The van der Waals surface area contributed by atoms with Crippen molar-refractivity contribution >= 4 is 47.1 Å². The van der Waals surface area contributed by atoms with Gasteiger partial charge in [-0.25, -0.2) is 8.78 Å². The maximum Gasteiger partial charge on any atom is 2.00 e. The molecule has 4 aromatic rings. The Morgan fingerprint density at radius 1 is 0.655 bits per heavy atom. The zero-order chi connectivity index (χ0) is 20.3. The number of halogens is 2.